The van der Waals surface area contributed by atoms with Crippen molar-refractivity contribution in [2.24, 2.45) is 5.41 Å². The van der Waals surface area contributed by atoms with Crippen LogP contribution in [0.1, 0.15) is 39.5 Å². The third kappa shape index (κ3) is 1.89. The molecule has 0 spiro atoms. The van der Waals surface area contributed by atoms with Crippen LogP contribution in [0.25, 0.3) is 0 Å². The monoisotopic (exact) mass is 167 g/mol. The minimum absolute atomic E-state index is 0.484. The molecule has 70 valence electrons. The third-order valence-corrected chi connectivity index (χ3v) is 3.16. The van der Waals surface area contributed by atoms with E-state index in [1.54, 1.807) is 0 Å². The lowest BCUT2D eigenvalue weighted by Gasteiger charge is -2.32. The van der Waals surface area contributed by atoms with Gasteiger partial charge in [0.15, 0.2) is 0 Å². The van der Waals surface area contributed by atoms with Gasteiger partial charge in [-0.25, -0.2) is 0 Å². The molecule has 0 saturated heterocycles. The molecule has 1 rings (SSSR count). The summed E-state index contributed by atoms with van der Waals surface area (Å²) in [4.78, 5) is 0. The summed E-state index contributed by atoms with van der Waals surface area (Å²) >= 11 is 0. The van der Waals surface area contributed by atoms with Gasteiger partial charge in [-0.2, -0.15) is 0 Å². The van der Waals surface area contributed by atoms with E-state index in [1.807, 2.05) is 0 Å². The number of rotatable bonds is 4. The van der Waals surface area contributed by atoms with Crippen molar-refractivity contribution in [2.75, 3.05) is 6.54 Å². The first kappa shape index (κ1) is 9.79. The Morgan fingerprint density at radius 1 is 1.50 bits per heavy atom. The van der Waals surface area contributed by atoms with Crippen molar-refractivity contribution in [1.29, 1.82) is 0 Å². The fourth-order valence-corrected chi connectivity index (χ4v) is 2.33. The quantitative estimate of drug-likeness (QED) is 0.635. The highest BCUT2D eigenvalue weighted by Crippen LogP contribution is 2.40. The molecular weight excluding hydrogens is 146 g/mol. The second-order valence-electron chi connectivity index (χ2n) is 4.13. The molecule has 1 atom stereocenters. The van der Waals surface area contributed by atoms with E-state index in [1.165, 1.54) is 25.7 Å². The van der Waals surface area contributed by atoms with E-state index in [2.05, 4.69) is 31.8 Å². The first-order valence-electron chi connectivity index (χ1n) is 5.09. The maximum absolute atomic E-state index is 3.91. The van der Waals surface area contributed by atoms with Crippen molar-refractivity contribution in [2.45, 2.75) is 45.6 Å². The molecule has 0 aromatic rings. The smallest absolute Gasteiger partial charge is 0.0301 e. The molecule has 12 heavy (non-hydrogen) atoms. The van der Waals surface area contributed by atoms with Gasteiger partial charge < -0.3 is 5.32 Å². The summed E-state index contributed by atoms with van der Waals surface area (Å²) < 4.78 is 0. The summed E-state index contributed by atoms with van der Waals surface area (Å²) in [5.74, 6) is 0. The second kappa shape index (κ2) is 4.08. The van der Waals surface area contributed by atoms with Crippen LogP contribution in [-0.2, 0) is 0 Å². The van der Waals surface area contributed by atoms with Crippen LogP contribution in [0.15, 0.2) is 12.7 Å². The largest absolute Gasteiger partial charge is 0.310 e. The number of likely N-dealkylation sites (N-methyl/N-ethyl adjacent to an activating group) is 1. The van der Waals surface area contributed by atoms with Crippen molar-refractivity contribution in [3.05, 3.63) is 12.7 Å². The zero-order valence-electron chi connectivity index (χ0n) is 8.40. The zero-order chi connectivity index (χ0) is 9.03. The Labute approximate surface area is 76.2 Å². The molecule has 1 saturated carbocycles. The zero-order valence-corrected chi connectivity index (χ0v) is 8.40. The number of hydrogen-bond donors (Lipinski definition) is 1. The van der Waals surface area contributed by atoms with E-state index in [9.17, 15) is 0 Å². The van der Waals surface area contributed by atoms with Crippen LogP contribution in [0.5, 0.6) is 0 Å². The van der Waals surface area contributed by atoms with E-state index >= 15 is 0 Å². The maximum atomic E-state index is 3.91. The molecule has 1 nitrogen and oxygen atoms in total. The van der Waals surface area contributed by atoms with Gasteiger partial charge in [-0.3, -0.25) is 0 Å². The number of nitrogens with one attached hydrogen (secondary N) is 1. The van der Waals surface area contributed by atoms with Crippen LogP contribution >= 0.6 is 0 Å². The highest BCUT2D eigenvalue weighted by Gasteiger charge is 2.34. The normalized spacial score (nSPS) is 23.8. The fourth-order valence-electron chi connectivity index (χ4n) is 2.33. The molecule has 0 aliphatic heterocycles. The van der Waals surface area contributed by atoms with Gasteiger partial charge in [0.05, 0.1) is 0 Å². The van der Waals surface area contributed by atoms with Gasteiger partial charge in [0, 0.05) is 6.04 Å². The summed E-state index contributed by atoms with van der Waals surface area (Å²) in [5, 5.41) is 3.50. The van der Waals surface area contributed by atoms with Gasteiger partial charge in [0.1, 0.15) is 0 Å². The molecule has 0 bridgehead atoms. The lowest BCUT2D eigenvalue weighted by molar-refractivity contribution is 0.262. The summed E-state index contributed by atoms with van der Waals surface area (Å²) in [6, 6.07) is 0.519. The van der Waals surface area contributed by atoms with E-state index in [4.69, 9.17) is 0 Å². The van der Waals surface area contributed by atoms with Crippen LogP contribution in [0.2, 0.25) is 0 Å². The first-order chi connectivity index (χ1) is 5.73. The predicted octanol–water partition coefficient (Wildman–Crippen LogP) is 2.73. The minimum atomic E-state index is 0.484. The molecule has 0 radical (unpaired) electrons. The van der Waals surface area contributed by atoms with Gasteiger partial charge in [0.25, 0.3) is 0 Å². The first-order valence-corrected chi connectivity index (χ1v) is 5.09. The van der Waals surface area contributed by atoms with Gasteiger partial charge >= 0.3 is 0 Å². The van der Waals surface area contributed by atoms with Crippen molar-refractivity contribution in [3.8, 4) is 0 Å². The van der Waals surface area contributed by atoms with Gasteiger partial charge in [0.2, 0.25) is 0 Å². The second-order valence-corrected chi connectivity index (χ2v) is 4.13. The van der Waals surface area contributed by atoms with Crippen molar-refractivity contribution in [1.82, 2.24) is 5.32 Å². The SMILES string of the molecule is C=CC(NCC)C1(C)CCCC1. The van der Waals surface area contributed by atoms with Gasteiger partial charge in [-0.1, -0.05) is 32.8 Å². The Bertz CT molecular complexity index is 145. The lowest BCUT2D eigenvalue weighted by atomic mass is 9.80. The van der Waals surface area contributed by atoms with Crippen molar-refractivity contribution in [3.63, 3.8) is 0 Å². The van der Waals surface area contributed by atoms with Crippen molar-refractivity contribution < 1.29 is 0 Å². The molecule has 0 heterocycles. The average Bonchev–Trinajstić information content (AvgIpc) is 2.49. The minimum Gasteiger partial charge on any atom is -0.310 e. The summed E-state index contributed by atoms with van der Waals surface area (Å²) in [5.41, 5.74) is 0.484. The van der Waals surface area contributed by atoms with Crippen LogP contribution in [-0.4, -0.2) is 12.6 Å². The van der Waals surface area contributed by atoms with Crippen LogP contribution in [0.3, 0.4) is 0 Å². The molecule has 1 aliphatic rings. The summed E-state index contributed by atoms with van der Waals surface area (Å²) in [7, 11) is 0. The molecule has 1 N–H and O–H groups in total. The van der Waals surface area contributed by atoms with E-state index < -0.39 is 0 Å². The van der Waals surface area contributed by atoms with Gasteiger partial charge in [-0.05, 0) is 24.8 Å². The van der Waals surface area contributed by atoms with Gasteiger partial charge in [-0.15, -0.1) is 6.58 Å². The Kier molecular flexibility index (Phi) is 3.33. The molecule has 1 fully saturated rings. The van der Waals surface area contributed by atoms with Crippen LogP contribution < -0.4 is 5.32 Å². The highest BCUT2D eigenvalue weighted by atomic mass is 14.9. The Morgan fingerprint density at radius 3 is 2.50 bits per heavy atom. The average molecular weight is 167 g/mol. The standard InChI is InChI=1S/C11H21N/c1-4-10(12-5-2)11(3)8-6-7-9-11/h4,10,12H,1,5-9H2,2-3H3. The molecule has 1 aliphatic carbocycles. The molecule has 1 unspecified atom stereocenters. The Hall–Kier alpha value is -0.300. The van der Waals surface area contributed by atoms with Crippen molar-refractivity contribution >= 4 is 0 Å². The maximum Gasteiger partial charge on any atom is 0.0301 e. The molecule has 0 aromatic carbocycles. The Balaban J connectivity index is 2.56. The van der Waals surface area contributed by atoms with E-state index in [-0.39, 0.29) is 0 Å². The fraction of sp³-hybridized carbons (Fsp3) is 0.818. The molecule has 0 amide bonds. The number of hydrogen-bond acceptors (Lipinski definition) is 1. The molecule has 0 aromatic heterocycles. The van der Waals surface area contributed by atoms with E-state index in [0.717, 1.165) is 6.54 Å². The lowest BCUT2D eigenvalue weighted by Crippen LogP contribution is -2.40. The topological polar surface area (TPSA) is 12.0 Å². The third-order valence-electron chi connectivity index (χ3n) is 3.16. The van der Waals surface area contributed by atoms with Crippen LogP contribution in [0.4, 0.5) is 0 Å². The molecular formula is C11H21N. The summed E-state index contributed by atoms with van der Waals surface area (Å²) in [6.07, 6.45) is 7.58. The van der Waals surface area contributed by atoms with E-state index in [0.29, 0.717) is 11.5 Å². The Morgan fingerprint density at radius 2 is 2.08 bits per heavy atom. The predicted molar refractivity (Wildman–Crippen MR) is 54.2 cm³/mol. The van der Waals surface area contributed by atoms with Crippen LogP contribution in [0, 0.1) is 5.41 Å². The molecule has 1 heteroatoms. The summed E-state index contributed by atoms with van der Waals surface area (Å²) in [6.45, 7) is 9.50. The highest BCUT2D eigenvalue weighted by molar-refractivity contribution is 5.00.